The summed E-state index contributed by atoms with van der Waals surface area (Å²) in [6.07, 6.45) is 0. The number of thioether (sulfide) groups is 1. The van der Waals surface area contributed by atoms with Crippen LogP contribution in [0.3, 0.4) is 0 Å². The molecule has 0 aliphatic rings. The molecule has 0 fully saturated rings. The number of rotatable bonds is 7. The Hall–Kier alpha value is -2.28. The van der Waals surface area contributed by atoms with E-state index in [1.54, 1.807) is 19.1 Å². The van der Waals surface area contributed by atoms with Crippen LogP contribution in [0.1, 0.15) is 17.3 Å². The lowest BCUT2D eigenvalue weighted by Crippen LogP contribution is -2.16. The highest BCUT2D eigenvalue weighted by Gasteiger charge is 2.22. The fraction of sp³-hybridized carbons (Fsp3) is 0.143. The highest BCUT2D eigenvalue weighted by atomic mass is 35.5. The number of ether oxygens (including phenoxy) is 1. The zero-order valence-corrected chi connectivity index (χ0v) is 17.5. The molecule has 0 aliphatic heterocycles. The van der Waals surface area contributed by atoms with Gasteiger partial charge < -0.3 is 10.1 Å². The average Bonchev–Trinajstić information content (AvgIpc) is 3.12. The molecule has 0 bridgehead atoms. The monoisotopic (exact) mass is 431 g/mol. The lowest BCUT2D eigenvalue weighted by atomic mass is 10.0. The highest BCUT2D eigenvalue weighted by molar-refractivity contribution is 8.00. The van der Waals surface area contributed by atoms with Crippen LogP contribution >= 0.6 is 34.7 Å². The molecule has 1 heterocycles. The van der Waals surface area contributed by atoms with Crippen LogP contribution in [0.15, 0.2) is 64.9 Å². The molecule has 0 aliphatic carbocycles. The van der Waals surface area contributed by atoms with Gasteiger partial charge in [0.05, 0.1) is 12.4 Å². The summed E-state index contributed by atoms with van der Waals surface area (Å²) in [5, 5.41) is 5.87. The van der Waals surface area contributed by atoms with Gasteiger partial charge >= 0.3 is 5.97 Å². The molecule has 1 N–H and O–H groups in total. The summed E-state index contributed by atoms with van der Waals surface area (Å²) in [6.45, 7) is 2.02. The Morgan fingerprint density at radius 3 is 2.50 bits per heavy atom. The lowest BCUT2D eigenvalue weighted by Gasteiger charge is -2.09. The molecular formula is C21H18ClNO3S2. The molecule has 0 saturated heterocycles. The summed E-state index contributed by atoms with van der Waals surface area (Å²) in [5.74, 6) is -0.405. The Kier molecular flexibility index (Phi) is 7.14. The van der Waals surface area contributed by atoms with E-state index in [2.05, 4.69) is 5.32 Å². The summed E-state index contributed by atoms with van der Waals surface area (Å²) in [5.41, 5.74) is 2.05. The molecule has 0 unspecified atom stereocenters. The Bertz CT molecular complexity index is 956. The highest BCUT2D eigenvalue weighted by Crippen LogP contribution is 2.36. The van der Waals surface area contributed by atoms with E-state index in [-0.39, 0.29) is 18.3 Å². The second-order valence-electron chi connectivity index (χ2n) is 5.73. The molecule has 4 nitrogen and oxygen atoms in total. The van der Waals surface area contributed by atoms with Crippen LogP contribution in [0.2, 0.25) is 5.02 Å². The van der Waals surface area contributed by atoms with Crippen molar-refractivity contribution in [3.63, 3.8) is 0 Å². The number of hydrogen-bond donors (Lipinski definition) is 1. The number of carbonyl (C=O) groups excluding carboxylic acids is 2. The first-order valence-electron chi connectivity index (χ1n) is 8.60. The molecule has 3 aromatic rings. The maximum atomic E-state index is 12.5. The minimum absolute atomic E-state index is 0.188. The fourth-order valence-corrected chi connectivity index (χ4v) is 4.33. The number of thiophene rings is 1. The van der Waals surface area contributed by atoms with Gasteiger partial charge in [0.25, 0.3) is 0 Å². The van der Waals surface area contributed by atoms with E-state index < -0.39 is 5.97 Å². The number of nitrogens with one attached hydrogen (secondary N) is 1. The Morgan fingerprint density at radius 1 is 1.11 bits per heavy atom. The van der Waals surface area contributed by atoms with Crippen molar-refractivity contribution in [1.29, 1.82) is 0 Å². The molecule has 0 spiro atoms. The minimum atomic E-state index is -0.441. The molecular weight excluding hydrogens is 414 g/mol. The van der Waals surface area contributed by atoms with Crippen LogP contribution in [-0.2, 0) is 9.53 Å². The molecule has 0 radical (unpaired) electrons. The van der Waals surface area contributed by atoms with Crippen LogP contribution in [0.25, 0.3) is 11.1 Å². The summed E-state index contributed by atoms with van der Waals surface area (Å²) in [4.78, 5) is 25.9. The molecule has 3 rings (SSSR count). The SMILES string of the molecule is CCOC(=O)c1c(-c2ccccc2)csc1NC(=O)CSc1ccc(Cl)cc1. The third kappa shape index (κ3) is 5.16. The van der Waals surface area contributed by atoms with E-state index in [4.69, 9.17) is 16.3 Å². The Labute approximate surface area is 176 Å². The molecule has 0 atom stereocenters. The second-order valence-corrected chi connectivity index (χ2v) is 8.10. The fourth-order valence-electron chi connectivity index (χ4n) is 2.53. The molecule has 1 amide bonds. The van der Waals surface area contributed by atoms with Crippen LogP contribution in [-0.4, -0.2) is 24.2 Å². The van der Waals surface area contributed by atoms with Crippen molar-refractivity contribution < 1.29 is 14.3 Å². The predicted octanol–water partition coefficient (Wildman–Crippen LogP) is 5.98. The average molecular weight is 432 g/mol. The van der Waals surface area contributed by atoms with Gasteiger partial charge in [-0.25, -0.2) is 4.79 Å². The molecule has 2 aromatic carbocycles. The van der Waals surface area contributed by atoms with E-state index >= 15 is 0 Å². The maximum Gasteiger partial charge on any atom is 0.341 e. The van der Waals surface area contributed by atoms with Gasteiger partial charge in [0.2, 0.25) is 5.91 Å². The van der Waals surface area contributed by atoms with Gasteiger partial charge in [-0.1, -0.05) is 41.9 Å². The standard InChI is InChI=1S/C21H18ClNO3S2/c1-2-26-21(25)19-17(14-6-4-3-5-7-14)12-28-20(19)23-18(24)13-27-16-10-8-15(22)9-11-16/h3-12H,2,13H2,1H3,(H,23,24). The zero-order valence-electron chi connectivity index (χ0n) is 15.1. The molecule has 7 heteroatoms. The van der Waals surface area contributed by atoms with Crippen molar-refractivity contribution >= 4 is 51.6 Å². The summed E-state index contributed by atoms with van der Waals surface area (Å²) >= 11 is 8.60. The maximum absolute atomic E-state index is 12.5. The van der Waals surface area contributed by atoms with Crippen LogP contribution in [0, 0.1) is 0 Å². The third-order valence-electron chi connectivity index (χ3n) is 3.79. The first-order valence-corrected chi connectivity index (χ1v) is 10.8. The van der Waals surface area contributed by atoms with Gasteiger partial charge in [-0.3, -0.25) is 4.79 Å². The normalized spacial score (nSPS) is 10.5. The van der Waals surface area contributed by atoms with Gasteiger partial charge in [0.1, 0.15) is 10.6 Å². The Morgan fingerprint density at radius 2 is 1.82 bits per heavy atom. The van der Waals surface area contributed by atoms with Crippen molar-refractivity contribution in [3.05, 3.63) is 70.6 Å². The summed E-state index contributed by atoms with van der Waals surface area (Å²) in [6, 6.07) is 16.9. The number of amides is 1. The number of carbonyl (C=O) groups is 2. The van der Waals surface area contributed by atoms with Crippen molar-refractivity contribution in [2.24, 2.45) is 0 Å². The lowest BCUT2D eigenvalue weighted by molar-refractivity contribution is -0.113. The molecule has 1 aromatic heterocycles. The van der Waals surface area contributed by atoms with E-state index in [1.807, 2.05) is 47.8 Å². The van der Waals surface area contributed by atoms with Crippen molar-refractivity contribution in [2.75, 3.05) is 17.7 Å². The number of anilines is 1. The Balaban J connectivity index is 1.77. The molecule has 28 heavy (non-hydrogen) atoms. The first-order chi connectivity index (χ1) is 13.6. The van der Waals surface area contributed by atoms with E-state index in [9.17, 15) is 9.59 Å². The smallest absolute Gasteiger partial charge is 0.341 e. The van der Waals surface area contributed by atoms with E-state index in [0.29, 0.717) is 15.6 Å². The van der Waals surface area contributed by atoms with Gasteiger partial charge in [-0.2, -0.15) is 0 Å². The zero-order chi connectivity index (χ0) is 19.9. The number of esters is 1. The number of halogens is 1. The van der Waals surface area contributed by atoms with E-state index in [0.717, 1.165) is 16.0 Å². The van der Waals surface area contributed by atoms with Gasteiger partial charge in [0, 0.05) is 20.9 Å². The van der Waals surface area contributed by atoms with Crippen molar-refractivity contribution in [2.45, 2.75) is 11.8 Å². The topological polar surface area (TPSA) is 55.4 Å². The second kappa shape index (κ2) is 9.78. The number of benzene rings is 2. The van der Waals surface area contributed by atoms with Gasteiger partial charge in [-0.15, -0.1) is 23.1 Å². The minimum Gasteiger partial charge on any atom is -0.462 e. The van der Waals surface area contributed by atoms with Gasteiger partial charge in [0.15, 0.2) is 0 Å². The summed E-state index contributed by atoms with van der Waals surface area (Å²) in [7, 11) is 0. The largest absolute Gasteiger partial charge is 0.462 e. The van der Waals surface area contributed by atoms with Crippen LogP contribution in [0.4, 0.5) is 5.00 Å². The van der Waals surface area contributed by atoms with Gasteiger partial charge in [-0.05, 0) is 36.8 Å². The van der Waals surface area contributed by atoms with Crippen molar-refractivity contribution in [1.82, 2.24) is 0 Å². The van der Waals surface area contributed by atoms with Crippen molar-refractivity contribution in [3.8, 4) is 11.1 Å². The molecule has 144 valence electrons. The van der Waals surface area contributed by atoms with Crippen LogP contribution in [0.5, 0.6) is 0 Å². The van der Waals surface area contributed by atoms with E-state index in [1.165, 1.54) is 23.1 Å². The predicted molar refractivity (Wildman–Crippen MR) is 117 cm³/mol. The quantitative estimate of drug-likeness (QED) is 0.369. The first kappa shape index (κ1) is 20.5. The molecule has 0 saturated carbocycles. The number of hydrogen-bond acceptors (Lipinski definition) is 5. The third-order valence-corrected chi connectivity index (χ3v) is 5.95. The van der Waals surface area contributed by atoms with Crippen LogP contribution < -0.4 is 5.32 Å². The summed E-state index contributed by atoms with van der Waals surface area (Å²) < 4.78 is 5.21.